The highest BCUT2D eigenvalue weighted by atomic mass is 16.2. The maximum absolute atomic E-state index is 12.5. The van der Waals surface area contributed by atoms with Gasteiger partial charge in [0, 0.05) is 39.0 Å². The fraction of sp³-hybridized carbons (Fsp3) is 0.857. The van der Waals surface area contributed by atoms with Crippen LogP contribution in [-0.4, -0.2) is 60.7 Å². The molecule has 1 heterocycles. The molecule has 0 aromatic heterocycles. The molecule has 2 fully saturated rings. The lowest BCUT2D eigenvalue weighted by Crippen LogP contribution is -2.46. The van der Waals surface area contributed by atoms with Gasteiger partial charge < -0.3 is 15.1 Å². The molecule has 1 saturated carbocycles. The van der Waals surface area contributed by atoms with Crippen molar-refractivity contribution in [3.63, 3.8) is 0 Å². The van der Waals surface area contributed by atoms with Crippen molar-refractivity contribution >= 4 is 17.7 Å². The number of piperidine rings is 1. The number of likely N-dealkylation sites (tertiary alicyclic amines) is 1. The van der Waals surface area contributed by atoms with E-state index in [-0.39, 0.29) is 30.2 Å². The standard InChI is InChI=1S/C21H37N3O3/c1-3-4-12-23(2)21(27)18-10-13-24(14-11-18)20(26)16-22-19(25)15-17-8-6-5-7-9-17/h17-18H,3-16H2,1-2H3,(H,22,25). The number of carbonyl (C=O) groups excluding carboxylic acids is 3. The van der Waals surface area contributed by atoms with Crippen molar-refractivity contribution in [1.82, 2.24) is 15.1 Å². The van der Waals surface area contributed by atoms with Crippen LogP contribution in [0.25, 0.3) is 0 Å². The number of nitrogens with one attached hydrogen (secondary N) is 1. The minimum absolute atomic E-state index is 0.00198. The molecule has 0 atom stereocenters. The van der Waals surface area contributed by atoms with Gasteiger partial charge in [0.05, 0.1) is 6.54 Å². The van der Waals surface area contributed by atoms with Crippen molar-refractivity contribution in [3.8, 4) is 0 Å². The zero-order valence-electron chi connectivity index (χ0n) is 17.2. The van der Waals surface area contributed by atoms with Gasteiger partial charge in [-0.05, 0) is 38.0 Å². The smallest absolute Gasteiger partial charge is 0.241 e. The first-order valence-corrected chi connectivity index (χ1v) is 10.8. The van der Waals surface area contributed by atoms with Crippen molar-refractivity contribution in [2.45, 2.75) is 71.1 Å². The van der Waals surface area contributed by atoms with Gasteiger partial charge in [0.1, 0.15) is 0 Å². The van der Waals surface area contributed by atoms with Crippen molar-refractivity contribution in [2.24, 2.45) is 11.8 Å². The fourth-order valence-electron chi connectivity index (χ4n) is 4.20. The quantitative estimate of drug-likeness (QED) is 0.705. The summed E-state index contributed by atoms with van der Waals surface area (Å²) in [5, 5.41) is 2.80. The zero-order valence-corrected chi connectivity index (χ0v) is 17.2. The lowest BCUT2D eigenvalue weighted by atomic mass is 9.87. The average molecular weight is 380 g/mol. The van der Waals surface area contributed by atoms with E-state index in [1.54, 1.807) is 4.90 Å². The Morgan fingerprint density at radius 3 is 2.33 bits per heavy atom. The van der Waals surface area contributed by atoms with Crippen LogP contribution in [0.3, 0.4) is 0 Å². The molecular formula is C21H37N3O3. The summed E-state index contributed by atoms with van der Waals surface area (Å²) in [5.41, 5.74) is 0. The highest BCUT2D eigenvalue weighted by Gasteiger charge is 2.29. The van der Waals surface area contributed by atoms with Gasteiger partial charge in [0.2, 0.25) is 17.7 Å². The first-order chi connectivity index (χ1) is 13.0. The summed E-state index contributed by atoms with van der Waals surface area (Å²) in [6.45, 7) is 4.23. The molecule has 6 heteroatoms. The number of hydrogen-bond acceptors (Lipinski definition) is 3. The van der Waals surface area contributed by atoms with Crippen molar-refractivity contribution in [2.75, 3.05) is 33.2 Å². The Bertz CT molecular complexity index is 495. The molecule has 2 aliphatic rings. The number of amides is 3. The highest BCUT2D eigenvalue weighted by molar-refractivity contribution is 5.85. The van der Waals surface area contributed by atoms with E-state index in [9.17, 15) is 14.4 Å². The molecule has 1 saturated heterocycles. The Hall–Kier alpha value is -1.59. The van der Waals surface area contributed by atoms with E-state index in [1.807, 2.05) is 11.9 Å². The van der Waals surface area contributed by atoms with Crippen LogP contribution in [0.15, 0.2) is 0 Å². The molecule has 27 heavy (non-hydrogen) atoms. The van der Waals surface area contributed by atoms with Gasteiger partial charge in [-0.3, -0.25) is 14.4 Å². The van der Waals surface area contributed by atoms with E-state index in [2.05, 4.69) is 12.2 Å². The Balaban J connectivity index is 1.65. The van der Waals surface area contributed by atoms with Crippen LogP contribution in [0.5, 0.6) is 0 Å². The Morgan fingerprint density at radius 2 is 1.70 bits per heavy atom. The lowest BCUT2D eigenvalue weighted by molar-refractivity contribution is -0.140. The van der Waals surface area contributed by atoms with Crippen LogP contribution in [0.4, 0.5) is 0 Å². The van der Waals surface area contributed by atoms with Crippen LogP contribution in [0, 0.1) is 11.8 Å². The third kappa shape index (κ3) is 7.15. The van der Waals surface area contributed by atoms with Gasteiger partial charge in [-0.2, -0.15) is 0 Å². The monoisotopic (exact) mass is 379 g/mol. The first kappa shape index (κ1) is 21.7. The van der Waals surface area contributed by atoms with Gasteiger partial charge in [-0.15, -0.1) is 0 Å². The summed E-state index contributed by atoms with van der Waals surface area (Å²) >= 11 is 0. The molecule has 0 spiro atoms. The number of carbonyl (C=O) groups is 3. The number of unbranched alkanes of at least 4 members (excludes halogenated alkanes) is 1. The Kier molecular flexibility index (Phi) is 9.08. The number of hydrogen-bond donors (Lipinski definition) is 1. The lowest BCUT2D eigenvalue weighted by Gasteiger charge is -2.33. The normalized spacial score (nSPS) is 19.0. The highest BCUT2D eigenvalue weighted by Crippen LogP contribution is 2.26. The summed E-state index contributed by atoms with van der Waals surface area (Å²) in [5.74, 6) is 0.684. The van der Waals surface area contributed by atoms with Crippen molar-refractivity contribution < 1.29 is 14.4 Å². The molecule has 0 aromatic carbocycles. The van der Waals surface area contributed by atoms with E-state index in [0.29, 0.717) is 25.4 Å². The Morgan fingerprint density at radius 1 is 1.04 bits per heavy atom. The molecule has 6 nitrogen and oxygen atoms in total. The molecule has 1 aliphatic carbocycles. The summed E-state index contributed by atoms with van der Waals surface area (Å²) in [7, 11) is 1.87. The van der Waals surface area contributed by atoms with Gasteiger partial charge in [0.15, 0.2) is 0 Å². The van der Waals surface area contributed by atoms with Crippen molar-refractivity contribution in [1.29, 1.82) is 0 Å². The molecule has 0 radical (unpaired) electrons. The van der Waals surface area contributed by atoms with Crippen LogP contribution >= 0.6 is 0 Å². The summed E-state index contributed by atoms with van der Waals surface area (Å²) in [4.78, 5) is 40.5. The van der Waals surface area contributed by atoms with E-state index in [0.717, 1.165) is 45.1 Å². The first-order valence-electron chi connectivity index (χ1n) is 10.8. The van der Waals surface area contributed by atoms with Crippen LogP contribution in [-0.2, 0) is 14.4 Å². The summed E-state index contributed by atoms with van der Waals surface area (Å²) < 4.78 is 0. The van der Waals surface area contributed by atoms with E-state index < -0.39 is 0 Å². The SMILES string of the molecule is CCCCN(C)C(=O)C1CCN(C(=O)CNC(=O)CC2CCCCC2)CC1. The third-order valence-corrected chi connectivity index (χ3v) is 6.06. The molecular weight excluding hydrogens is 342 g/mol. The molecule has 0 unspecified atom stereocenters. The minimum Gasteiger partial charge on any atom is -0.347 e. The number of rotatable bonds is 8. The van der Waals surface area contributed by atoms with Gasteiger partial charge in [-0.1, -0.05) is 32.6 Å². The maximum Gasteiger partial charge on any atom is 0.241 e. The molecule has 1 N–H and O–H groups in total. The van der Waals surface area contributed by atoms with E-state index >= 15 is 0 Å². The predicted molar refractivity (Wildman–Crippen MR) is 106 cm³/mol. The van der Waals surface area contributed by atoms with Gasteiger partial charge in [0.25, 0.3) is 0 Å². The van der Waals surface area contributed by atoms with Crippen LogP contribution in [0.2, 0.25) is 0 Å². The zero-order chi connectivity index (χ0) is 19.6. The molecule has 0 aromatic rings. The summed E-state index contributed by atoms with van der Waals surface area (Å²) in [6, 6.07) is 0. The van der Waals surface area contributed by atoms with Crippen molar-refractivity contribution in [3.05, 3.63) is 0 Å². The summed E-state index contributed by atoms with van der Waals surface area (Å²) in [6.07, 6.45) is 10.1. The van der Waals surface area contributed by atoms with Gasteiger partial charge in [-0.25, -0.2) is 0 Å². The molecule has 0 bridgehead atoms. The molecule has 154 valence electrons. The predicted octanol–water partition coefficient (Wildman–Crippen LogP) is 2.57. The van der Waals surface area contributed by atoms with E-state index in [4.69, 9.17) is 0 Å². The van der Waals surface area contributed by atoms with E-state index in [1.165, 1.54) is 19.3 Å². The number of nitrogens with zero attached hydrogens (tertiary/aromatic N) is 2. The van der Waals surface area contributed by atoms with Crippen LogP contribution in [0.1, 0.15) is 71.1 Å². The molecule has 3 amide bonds. The second-order valence-corrected chi connectivity index (χ2v) is 8.25. The van der Waals surface area contributed by atoms with Crippen LogP contribution < -0.4 is 5.32 Å². The fourth-order valence-corrected chi connectivity index (χ4v) is 4.20. The van der Waals surface area contributed by atoms with Gasteiger partial charge >= 0.3 is 0 Å². The largest absolute Gasteiger partial charge is 0.347 e. The average Bonchev–Trinajstić information content (AvgIpc) is 2.70. The third-order valence-electron chi connectivity index (χ3n) is 6.06. The Labute approximate surface area is 164 Å². The molecule has 1 aliphatic heterocycles. The second kappa shape index (κ2) is 11.3. The topological polar surface area (TPSA) is 69.7 Å². The maximum atomic E-state index is 12.5. The second-order valence-electron chi connectivity index (χ2n) is 8.25. The minimum atomic E-state index is -0.0303. The molecule has 2 rings (SSSR count).